The van der Waals surface area contributed by atoms with E-state index >= 15 is 0 Å². The zero-order valence-electron chi connectivity index (χ0n) is 17.4. The van der Waals surface area contributed by atoms with Gasteiger partial charge in [0.05, 0.1) is 6.54 Å². The highest BCUT2D eigenvalue weighted by Gasteiger charge is 2.29. The first-order valence-electron chi connectivity index (χ1n) is 11.0. The van der Waals surface area contributed by atoms with Crippen LogP contribution in [0.25, 0.3) is 0 Å². The average Bonchev–Trinajstić information content (AvgIpc) is 3.18. The van der Waals surface area contributed by atoms with Crippen LogP contribution in [0, 0.1) is 0 Å². The minimum Gasteiger partial charge on any atom is -0.338 e. The van der Waals surface area contributed by atoms with Crippen LogP contribution in [0.5, 0.6) is 0 Å². The molecule has 0 spiro atoms. The Morgan fingerprint density at radius 1 is 1.10 bits per heavy atom. The molecule has 1 N–H and O–H groups in total. The summed E-state index contributed by atoms with van der Waals surface area (Å²) in [7, 11) is 0. The van der Waals surface area contributed by atoms with Gasteiger partial charge in [-0.3, -0.25) is 0 Å². The van der Waals surface area contributed by atoms with Gasteiger partial charge in [-0.05, 0) is 50.9 Å². The molecule has 1 saturated heterocycles. The number of carbonyl (C=O) groups excluding carboxylic acids is 1. The Morgan fingerprint density at radius 2 is 1.90 bits per heavy atom. The highest BCUT2D eigenvalue weighted by atomic mass is 16.2. The number of aromatic nitrogens is 3. The zero-order chi connectivity index (χ0) is 20.1. The topological polar surface area (TPSA) is 66.3 Å². The molecule has 3 heterocycles. The highest BCUT2D eigenvalue weighted by Crippen LogP contribution is 2.28. The van der Waals surface area contributed by atoms with Gasteiger partial charge in [-0.1, -0.05) is 37.3 Å². The summed E-state index contributed by atoms with van der Waals surface area (Å²) >= 11 is 0. The van der Waals surface area contributed by atoms with Crippen molar-refractivity contribution in [3.8, 4) is 0 Å². The molecular weight excluding hydrogens is 364 g/mol. The Labute approximate surface area is 173 Å². The van der Waals surface area contributed by atoms with Crippen molar-refractivity contribution in [1.82, 2.24) is 29.9 Å². The quantitative estimate of drug-likeness (QED) is 0.815. The van der Waals surface area contributed by atoms with Gasteiger partial charge in [-0.15, -0.1) is 10.2 Å². The predicted octanol–water partition coefficient (Wildman–Crippen LogP) is 2.64. The summed E-state index contributed by atoms with van der Waals surface area (Å²) in [6.45, 7) is 8.42. The van der Waals surface area contributed by atoms with Crippen LogP contribution in [0.4, 0.5) is 4.79 Å². The summed E-state index contributed by atoms with van der Waals surface area (Å²) in [4.78, 5) is 17.0. The summed E-state index contributed by atoms with van der Waals surface area (Å²) in [5.74, 6) is 2.54. The SMILES string of the molecule is CCCN1CCC(c2nnc3n2CCN(C(=O)NCCc2ccccc2)C3)CC1. The van der Waals surface area contributed by atoms with E-state index in [1.165, 1.54) is 18.5 Å². The van der Waals surface area contributed by atoms with Gasteiger partial charge < -0.3 is 19.7 Å². The van der Waals surface area contributed by atoms with E-state index in [9.17, 15) is 4.79 Å². The van der Waals surface area contributed by atoms with E-state index in [4.69, 9.17) is 0 Å². The summed E-state index contributed by atoms with van der Waals surface area (Å²) < 4.78 is 2.26. The lowest BCUT2D eigenvalue weighted by atomic mass is 9.95. The molecule has 0 aliphatic carbocycles. The molecule has 1 aromatic carbocycles. The van der Waals surface area contributed by atoms with E-state index in [0.717, 1.165) is 50.5 Å². The number of urea groups is 1. The minimum atomic E-state index is -0.00963. The van der Waals surface area contributed by atoms with Crippen molar-refractivity contribution in [2.45, 2.75) is 51.6 Å². The monoisotopic (exact) mass is 396 g/mol. The van der Waals surface area contributed by atoms with Gasteiger partial charge in [0.1, 0.15) is 5.82 Å². The van der Waals surface area contributed by atoms with E-state index in [2.05, 4.69) is 44.0 Å². The number of rotatable bonds is 6. The van der Waals surface area contributed by atoms with E-state index in [1.54, 1.807) is 0 Å². The summed E-state index contributed by atoms with van der Waals surface area (Å²) in [5, 5.41) is 12.0. The van der Waals surface area contributed by atoms with Gasteiger partial charge in [0.25, 0.3) is 0 Å². The fourth-order valence-corrected chi connectivity index (χ4v) is 4.46. The molecule has 0 unspecified atom stereocenters. The third kappa shape index (κ3) is 4.78. The first kappa shape index (κ1) is 19.9. The number of hydrogen-bond donors (Lipinski definition) is 1. The van der Waals surface area contributed by atoms with Gasteiger partial charge >= 0.3 is 6.03 Å². The Bertz CT molecular complexity index is 797. The fourth-order valence-electron chi connectivity index (χ4n) is 4.46. The standard InChI is InChI=1S/C22H32N6O/c1-2-12-26-13-9-19(10-14-26)21-25-24-20-17-27(15-16-28(20)21)22(29)23-11-8-18-6-4-3-5-7-18/h3-7,19H,2,8-17H2,1H3,(H,23,29). The van der Waals surface area contributed by atoms with Crippen molar-refractivity contribution >= 4 is 6.03 Å². The van der Waals surface area contributed by atoms with Crippen LogP contribution >= 0.6 is 0 Å². The normalized spacial score (nSPS) is 17.9. The van der Waals surface area contributed by atoms with Gasteiger partial charge in [-0.25, -0.2) is 4.79 Å². The third-order valence-corrected chi connectivity index (χ3v) is 6.09. The van der Waals surface area contributed by atoms with E-state index < -0.39 is 0 Å². The van der Waals surface area contributed by atoms with E-state index in [0.29, 0.717) is 25.6 Å². The Hall–Kier alpha value is -2.41. The molecule has 0 radical (unpaired) electrons. The molecule has 2 amide bonds. The maximum atomic E-state index is 12.6. The van der Waals surface area contributed by atoms with Crippen molar-refractivity contribution in [2.75, 3.05) is 32.7 Å². The average molecular weight is 397 g/mol. The lowest BCUT2D eigenvalue weighted by Gasteiger charge is -2.33. The first-order chi connectivity index (χ1) is 14.2. The Morgan fingerprint density at radius 3 is 2.66 bits per heavy atom. The lowest BCUT2D eigenvalue weighted by Crippen LogP contribution is -2.45. The molecule has 0 saturated carbocycles. The zero-order valence-corrected chi connectivity index (χ0v) is 17.4. The number of fused-ring (bicyclic) bond motifs is 1. The van der Waals surface area contributed by atoms with E-state index in [1.807, 2.05) is 23.1 Å². The summed E-state index contributed by atoms with van der Waals surface area (Å²) in [6, 6.07) is 10.2. The predicted molar refractivity (Wildman–Crippen MR) is 113 cm³/mol. The Kier molecular flexibility index (Phi) is 6.44. The second-order valence-corrected chi connectivity index (χ2v) is 8.13. The highest BCUT2D eigenvalue weighted by molar-refractivity contribution is 5.74. The molecule has 0 bridgehead atoms. The second kappa shape index (κ2) is 9.39. The fraction of sp³-hybridized carbons (Fsp3) is 0.591. The van der Waals surface area contributed by atoms with Crippen LogP contribution in [0.1, 0.15) is 49.3 Å². The van der Waals surface area contributed by atoms with Crippen molar-refractivity contribution in [3.63, 3.8) is 0 Å². The molecule has 1 aromatic heterocycles. The molecule has 2 aromatic rings. The number of nitrogens with zero attached hydrogens (tertiary/aromatic N) is 5. The molecule has 2 aliphatic rings. The van der Waals surface area contributed by atoms with Crippen molar-refractivity contribution in [2.24, 2.45) is 0 Å². The maximum Gasteiger partial charge on any atom is 0.317 e. The molecule has 7 nitrogen and oxygen atoms in total. The number of amides is 2. The smallest absolute Gasteiger partial charge is 0.317 e. The van der Waals surface area contributed by atoms with Crippen LogP contribution in [-0.2, 0) is 19.5 Å². The second-order valence-electron chi connectivity index (χ2n) is 8.13. The number of likely N-dealkylation sites (tertiary alicyclic amines) is 1. The molecule has 156 valence electrons. The number of piperidine rings is 1. The third-order valence-electron chi connectivity index (χ3n) is 6.09. The largest absolute Gasteiger partial charge is 0.338 e. The first-order valence-corrected chi connectivity index (χ1v) is 11.0. The summed E-state index contributed by atoms with van der Waals surface area (Å²) in [5.41, 5.74) is 1.24. The van der Waals surface area contributed by atoms with Crippen LogP contribution in [0.2, 0.25) is 0 Å². The maximum absolute atomic E-state index is 12.6. The molecule has 2 aliphatic heterocycles. The molecule has 1 fully saturated rings. The van der Waals surface area contributed by atoms with Crippen LogP contribution in [-0.4, -0.2) is 63.3 Å². The van der Waals surface area contributed by atoms with Crippen molar-refractivity contribution < 1.29 is 4.79 Å². The van der Waals surface area contributed by atoms with Gasteiger partial charge in [-0.2, -0.15) is 0 Å². The molecule has 29 heavy (non-hydrogen) atoms. The number of hydrogen-bond acceptors (Lipinski definition) is 4. The van der Waals surface area contributed by atoms with Gasteiger partial charge in [0.15, 0.2) is 5.82 Å². The van der Waals surface area contributed by atoms with Crippen LogP contribution < -0.4 is 5.32 Å². The Balaban J connectivity index is 1.29. The molecule has 4 rings (SSSR count). The van der Waals surface area contributed by atoms with E-state index in [-0.39, 0.29) is 6.03 Å². The lowest BCUT2D eigenvalue weighted by molar-refractivity contribution is 0.179. The molecule has 0 atom stereocenters. The number of carbonyl (C=O) groups is 1. The molecular formula is C22H32N6O. The van der Waals surface area contributed by atoms with Crippen molar-refractivity contribution in [3.05, 3.63) is 47.5 Å². The summed E-state index contributed by atoms with van der Waals surface area (Å²) in [6.07, 6.45) is 4.37. The van der Waals surface area contributed by atoms with Crippen LogP contribution in [0.15, 0.2) is 30.3 Å². The van der Waals surface area contributed by atoms with Crippen molar-refractivity contribution in [1.29, 1.82) is 0 Å². The number of benzene rings is 1. The molecule has 7 heteroatoms. The number of nitrogens with one attached hydrogen (secondary N) is 1. The minimum absolute atomic E-state index is 0.00963. The van der Waals surface area contributed by atoms with Crippen LogP contribution in [0.3, 0.4) is 0 Å². The van der Waals surface area contributed by atoms with Gasteiger partial charge in [0.2, 0.25) is 0 Å². The van der Waals surface area contributed by atoms with Gasteiger partial charge in [0, 0.05) is 25.6 Å².